The van der Waals surface area contributed by atoms with E-state index in [-0.39, 0.29) is 42.7 Å². The maximum Gasteiger partial charge on any atom is 0.306 e. The second kappa shape index (κ2) is 43.0. The number of hydrogen-bond donors (Lipinski definition) is 0. The fraction of sp³-hybridized carbons (Fsp3) is 0.788. The Morgan fingerprint density at radius 3 is 1.28 bits per heavy atom. The summed E-state index contributed by atoms with van der Waals surface area (Å²) in [5, 5.41) is 11.7. The number of aliphatic carboxylic acids is 1. The third kappa shape index (κ3) is 40.7. The van der Waals surface area contributed by atoms with E-state index in [4.69, 9.17) is 14.2 Å². The molecular formula is C52H93NO7. The molecule has 348 valence electrons. The van der Waals surface area contributed by atoms with Gasteiger partial charge in [0.25, 0.3) is 0 Å². The van der Waals surface area contributed by atoms with E-state index in [1.165, 1.54) is 122 Å². The summed E-state index contributed by atoms with van der Waals surface area (Å²) >= 11 is 0. The van der Waals surface area contributed by atoms with E-state index >= 15 is 0 Å². The number of hydrogen-bond acceptors (Lipinski definition) is 7. The Morgan fingerprint density at radius 2 is 0.883 bits per heavy atom. The smallest absolute Gasteiger partial charge is 0.306 e. The van der Waals surface area contributed by atoms with Crippen LogP contribution in [0.4, 0.5) is 0 Å². The number of quaternary nitrogens is 1. The lowest BCUT2D eigenvalue weighted by atomic mass is 10.1. The Balaban J connectivity index is 4.29. The van der Waals surface area contributed by atoms with Crippen molar-refractivity contribution in [1.29, 1.82) is 0 Å². The highest BCUT2D eigenvalue weighted by atomic mass is 16.6. The minimum Gasteiger partial charge on any atom is -0.544 e. The van der Waals surface area contributed by atoms with Gasteiger partial charge in [-0.25, -0.2) is 0 Å². The highest BCUT2D eigenvalue weighted by Gasteiger charge is 2.25. The number of esters is 2. The Bertz CT molecular complexity index is 1120. The molecule has 0 aromatic heterocycles. The summed E-state index contributed by atoms with van der Waals surface area (Å²) in [6, 6.07) is -0.728. The molecule has 0 saturated heterocycles. The van der Waals surface area contributed by atoms with Crippen molar-refractivity contribution >= 4 is 17.9 Å². The Kier molecular flexibility index (Phi) is 41.0. The molecule has 0 heterocycles. The van der Waals surface area contributed by atoms with Crippen LogP contribution in [0.3, 0.4) is 0 Å². The number of carboxylic acid groups (broad SMARTS) is 1. The fourth-order valence-electron chi connectivity index (χ4n) is 7.07. The van der Waals surface area contributed by atoms with Crippen LogP contribution in [0.25, 0.3) is 0 Å². The van der Waals surface area contributed by atoms with Crippen molar-refractivity contribution in [3.63, 3.8) is 0 Å². The van der Waals surface area contributed by atoms with Gasteiger partial charge in [-0.1, -0.05) is 165 Å². The molecular weight excluding hydrogens is 751 g/mol. The van der Waals surface area contributed by atoms with E-state index < -0.39 is 18.1 Å². The van der Waals surface area contributed by atoms with Crippen molar-refractivity contribution < 1.29 is 38.2 Å². The van der Waals surface area contributed by atoms with Crippen LogP contribution in [0.15, 0.2) is 48.6 Å². The monoisotopic (exact) mass is 844 g/mol. The number of nitrogens with zero attached hydrogens (tertiary/aromatic N) is 1. The fourth-order valence-corrected chi connectivity index (χ4v) is 7.07. The zero-order valence-electron chi connectivity index (χ0n) is 39.6. The van der Waals surface area contributed by atoms with Gasteiger partial charge in [0.2, 0.25) is 0 Å². The molecule has 0 bridgehead atoms. The summed E-state index contributed by atoms with van der Waals surface area (Å²) in [6.45, 7) is 4.61. The molecule has 8 heteroatoms. The van der Waals surface area contributed by atoms with E-state index in [0.29, 0.717) is 12.8 Å². The third-order valence-electron chi connectivity index (χ3n) is 10.9. The molecule has 0 N–H and O–H groups in total. The van der Waals surface area contributed by atoms with E-state index in [0.717, 1.165) is 57.8 Å². The number of rotatable bonds is 44. The van der Waals surface area contributed by atoms with Crippen molar-refractivity contribution in [3.8, 4) is 0 Å². The van der Waals surface area contributed by atoms with Gasteiger partial charge in [0.15, 0.2) is 6.10 Å². The van der Waals surface area contributed by atoms with Gasteiger partial charge in [-0.05, 0) is 77.0 Å². The minimum absolute atomic E-state index is 0.0364. The summed E-state index contributed by atoms with van der Waals surface area (Å²) in [4.78, 5) is 37.0. The van der Waals surface area contributed by atoms with Crippen molar-refractivity contribution in [1.82, 2.24) is 0 Å². The van der Waals surface area contributed by atoms with Crippen LogP contribution in [0, 0.1) is 0 Å². The van der Waals surface area contributed by atoms with Gasteiger partial charge in [-0.3, -0.25) is 9.59 Å². The zero-order valence-corrected chi connectivity index (χ0v) is 39.6. The lowest BCUT2D eigenvalue weighted by molar-refractivity contribution is -0.889. The summed E-state index contributed by atoms with van der Waals surface area (Å²) in [5.74, 6) is -1.75. The first-order valence-corrected chi connectivity index (χ1v) is 24.7. The highest BCUT2D eigenvalue weighted by Crippen LogP contribution is 2.15. The molecule has 0 aliphatic carbocycles. The van der Waals surface area contributed by atoms with E-state index in [1.807, 2.05) is 0 Å². The molecule has 0 saturated carbocycles. The first-order chi connectivity index (χ1) is 29.1. The maximum absolute atomic E-state index is 12.8. The van der Waals surface area contributed by atoms with Crippen molar-refractivity contribution in [2.75, 3.05) is 41.0 Å². The number of unbranched alkanes of at least 4 members (excludes halogenated alkanes) is 22. The Labute approximate surface area is 369 Å². The van der Waals surface area contributed by atoms with Crippen LogP contribution < -0.4 is 5.11 Å². The Hall–Kier alpha value is -2.71. The normalized spacial score (nSPS) is 13.3. The third-order valence-corrected chi connectivity index (χ3v) is 10.9. The first kappa shape index (κ1) is 57.3. The second-order valence-corrected chi connectivity index (χ2v) is 17.7. The highest BCUT2D eigenvalue weighted by molar-refractivity contribution is 5.70. The zero-order chi connectivity index (χ0) is 44.2. The molecule has 0 rings (SSSR count). The summed E-state index contributed by atoms with van der Waals surface area (Å²) in [7, 11) is 5.41. The van der Waals surface area contributed by atoms with Gasteiger partial charge in [0.1, 0.15) is 12.6 Å². The first-order valence-electron chi connectivity index (χ1n) is 24.7. The number of carbonyl (C=O) groups is 3. The number of carbonyl (C=O) groups excluding carboxylic acids is 3. The van der Waals surface area contributed by atoms with Crippen molar-refractivity contribution in [2.45, 2.75) is 225 Å². The largest absolute Gasteiger partial charge is 0.544 e. The molecule has 0 spiro atoms. The lowest BCUT2D eigenvalue weighted by Crippen LogP contribution is -2.55. The molecule has 0 fully saturated rings. The molecule has 8 nitrogen and oxygen atoms in total. The average molecular weight is 844 g/mol. The molecule has 0 radical (unpaired) electrons. The number of carboxylic acids is 1. The van der Waals surface area contributed by atoms with Crippen LogP contribution in [-0.2, 0) is 28.6 Å². The van der Waals surface area contributed by atoms with Gasteiger partial charge in [-0.2, -0.15) is 0 Å². The van der Waals surface area contributed by atoms with Gasteiger partial charge in [0.05, 0.1) is 40.3 Å². The molecule has 0 aliphatic rings. The summed E-state index contributed by atoms with van der Waals surface area (Å²) < 4.78 is 17.2. The number of ether oxygens (including phenoxy) is 3. The van der Waals surface area contributed by atoms with Crippen LogP contribution in [0.5, 0.6) is 0 Å². The predicted octanol–water partition coefficient (Wildman–Crippen LogP) is 12.6. The lowest BCUT2D eigenvalue weighted by Gasteiger charge is -2.34. The van der Waals surface area contributed by atoms with Crippen LogP contribution in [-0.4, -0.2) is 75.5 Å². The second-order valence-electron chi connectivity index (χ2n) is 17.7. The Morgan fingerprint density at radius 1 is 0.500 bits per heavy atom. The SMILES string of the molecule is CCCCC/C=C\C/C=C\CCCCCCCCCCCC(=O)OC(COCCC(C(=O)[O-])[N+](C)(C)C)COC(=O)CCCCCCCCC/C=C\C/C=C\CCCCC. The van der Waals surface area contributed by atoms with E-state index in [1.54, 1.807) is 21.1 Å². The molecule has 0 aliphatic heterocycles. The van der Waals surface area contributed by atoms with Gasteiger partial charge in [0, 0.05) is 19.3 Å². The summed E-state index contributed by atoms with van der Waals surface area (Å²) in [6.07, 6.45) is 51.3. The van der Waals surface area contributed by atoms with Crippen molar-refractivity contribution in [2.24, 2.45) is 0 Å². The number of likely N-dealkylation sites (N-methyl/N-ethyl adjacent to an activating group) is 1. The molecule has 2 atom stereocenters. The molecule has 0 aromatic carbocycles. The summed E-state index contributed by atoms with van der Waals surface area (Å²) in [5.41, 5.74) is 0. The van der Waals surface area contributed by atoms with E-state index in [9.17, 15) is 19.5 Å². The van der Waals surface area contributed by atoms with Crippen LogP contribution in [0.2, 0.25) is 0 Å². The quantitative estimate of drug-likeness (QED) is 0.0260. The van der Waals surface area contributed by atoms with Crippen LogP contribution >= 0.6 is 0 Å². The van der Waals surface area contributed by atoms with Gasteiger partial charge < -0.3 is 28.6 Å². The minimum atomic E-state index is -1.13. The van der Waals surface area contributed by atoms with E-state index in [2.05, 4.69) is 62.5 Å². The van der Waals surface area contributed by atoms with Gasteiger partial charge >= 0.3 is 11.9 Å². The van der Waals surface area contributed by atoms with Gasteiger partial charge in [-0.15, -0.1) is 0 Å². The predicted molar refractivity (Wildman–Crippen MR) is 250 cm³/mol. The van der Waals surface area contributed by atoms with Crippen molar-refractivity contribution in [3.05, 3.63) is 48.6 Å². The molecule has 0 amide bonds. The molecule has 0 aromatic rings. The van der Waals surface area contributed by atoms with Crippen LogP contribution in [0.1, 0.15) is 213 Å². The molecule has 60 heavy (non-hydrogen) atoms. The topological polar surface area (TPSA) is 102 Å². The standard InChI is InChI=1S/C52H93NO7/c1-6-8-10-12-14-16-18-20-22-24-25-27-29-31-33-35-37-39-41-43-51(55)60-48(46-58-45-44-49(52(56)57)53(3,4)5)47-59-50(54)42-40-38-36-34-32-30-28-26-23-21-19-17-15-13-11-9-7-2/h14-17,20-23,48-49H,6-13,18-19,24-47H2,1-5H3/b16-14-,17-15-,22-20-,23-21-. The average Bonchev–Trinajstić information content (AvgIpc) is 3.21. The number of allylic oxidation sites excluding steroid dienone is 8. The maximum atomic E-state index is 12.8. The molecule has 2 unspecified atom stereocenters.